The van der Waals surface area contributed by atoms with Gasteiger partial charge in [0.2, 0.25) is 0 Å². The molecule has 0 aliphatic rings. The van der Waals surface area contributed by atoms with E-state index in [-0.39, 0.29) is 6.61 Å². The third-order valence-electron chi connectivity index (χ3n) is 2.64. The van der Waals surface area contributed by atoms with E-state index in [0.717, 1.165) is 25.2 Å². The van der Waals surface area contributed by atoms with E-state index in [2.05, 4.69) is 28.7 Å². The van der Waals surface area contributed by atoms with Crippen molar-refractivity contribution < 1.29 is 5.11 Å². The lowest BCUT2D eigenvalue weighted by molar-refractivity contribution is 0.282. The molecule has 0 fully saturated rings. The molecule has 0 aliphatic carbocycles. The van der Waals surface area contributed by atoms with Crippen LogP contribution in [-0.4, -0.2) is 33.9 Å². The SMILES string of the molecule is Cc1ncn(CC(C)NCCCO)c1C. The van der Waals surface area contributed by atoms with Gasteiger partial charge in [0.25, 0.3) is 0 Å². The average Bonchev–Trinajstić information content (AvgIpc) is 2.50. The lowest BCUT2D eigenvalue weighted by Gasteiger charge is -2.15. The molecule has 0 aromatic carbocycles. The Hall–Kier alpha value is -0.870. The summed E-state index contributed by atoms with van der Waals surface area (Å²) in [5, 5.41) is 12.0. The molecule has 4 heteroatoms. The second kappa shape index (κ2) is 5.88. The molecule has 0 saturated heterocycles. The van der Waals surface area contributed by atoms with Crippen LogP contribution in [0.3, 0.4) is 0 Å². The van der Waals surface area contributed by atoms with Crippen LogP contribution in [0.25, 0.3) is 0 Å². The Bertz CT molecular complexity index is 296. The summed E-state index contributed by atoms with van der Waals surface area (Å²) >= 11 is 0. The monoisotopic (exact) mass is 211 g/mol. The highest BCUT2D eigenvalue weighted by atomic mass is 16.3. The Morgan fingerprint density at radius 3 is 2.80 bits per heavy atom. The number of aliphatic hydroxyl groups excluding tert-OH is 1. The smallest absolute Gasteiger partial charge is 0.0951 e. The van der Waals surface area contributed by atoms with Crippen molar-refractivity contribution in [3.8, 4) is 0 Å². The van der Waals surface area contributed by atoms with Crippen molar-refractivity contribution in [3.05, 3.63) is 17.7 Å². The number of aromatic nitrogens is 2. The van der Waals surface area contributed by atoms with Crippen molar-refractivity contribution >= 4 is 0 Å². The molecule has 1 rings (SSSR count). The first-order chi connectivity index (χ1) is 7.15. The lowest BCUT2D eigenvalue weighted by Crippen LogP contribution is -2.31. The van der Waals surface area contributed by atoms with Gasteiger partial charge >= 0.3 is 0 Å². The zero-order valence-electron chi connectivity index (χ0n) is 9.82. The van der Waals surface area contributed by atoms with Gasteiger partial charge in [-0.05, 0) is 33.7 Å². The minimum atomic E-state index is 0.253. The standard InChI is InChI=1S/C11H21N3O/c1-9(12-5-4-6-15)7-14-8-13-10(2)11(14)3/h8-9,12,15H,4-7H2,1-3H3. The summed E-state index contributed by atoms with van der Waals surface area (Å²) in [4.78, 5) is 4.26. The quantitative estimate of drug-likeness (QED) is 0.686. The van der Waals surface area contributed by atoms with Gasteiger partial charge in [0.15, 0.2) is 0 Å². The van der Waals surface area contributed by atoms with Crippen LogP contribution in [0.1, 0.15) is 24.7 Å². The van der Waals surface area contributed by atoms with Crippen LogP contribution in [0.5, 0.6) is 0 Å². The Kier molecular flexibility index (Phi) is 4.78. The number of rotatable bonds is 6. The molecule has 1 atom stereocenters. The van der Waals surface area contributed by atoms with Crippen LogP contribution in [-0.2, 0) is 6.54 Å². The molecule has 4 nitrogen and oxygen atoms in total. The van der Waals surface area contributed by atoms with Crippen LogP contribution in [0.2, 0.25) is 0 Å². The van der Waals surface area contributed by atoms with E-state index in [1.807, 2.05) is 13.3 Å². The molecule has 1 aromatic heterocycles. The number of aliphatic hydroxyl groups is 1. The largest absolute Gasteiger partial charge is 0.396 e. The van der Waals surface area contributed by atoms with Crippen molar-refractivity contribution in [2.45, 2.75) is 39.8 Å². The van der Waals surface area contributed by atoms with Crippen LogP contribution in [0.4, 0.5) is 0 Å². The molecule has 0 aliphatic heterocycles. The van der Waals surface area contributed by atoms with Crippen molar-refractivity contribution in [3.63, 3.8) is 0 Å². The fourth-order valence-corrected chi connectivity index (χ4v) is 1.52. The van der Waals surface area contributed by atoms with E-state index in [4.69, 9.17) is 5.11 Å². The average molecular weight is 211 g/mol. The summed E-state index contributed by atoms with van der Waals surface area (Å²) in [7, 11) is 0. The van der Waals surface area contributed by atoms with Crippen LogP contribution in [0, 0.1) is 13.8 Å². The zero-order chi connectivity index (χ0) is 11.3. The van der Waals surface area contributed by atoms with Crippen LogP contribution >= 0.6 is 0 Å². The molecule has 2 N–H and O–H groups in total. The molecule has 0 amide bonds. The van der Waals surface area contributed by atoms with Gasteiger partial charge < -0.3 is 15.0 Å². The molecular formula is C11H21N3O. The highest BCUT2D eigenvalue weighted by molar-refractivity contribution is 5.08. The van der Waals surface area contributed by atoms with E-state index < -0.39 is 0 Å². The van der Waals surface area contributed by atoms with Gasteiger partial charge in [-0.15, -0.1) is 0 Å². The maximum Gasteiger partial charge on any atom is 0.0951 e. The maximum absolute atomic E-state index is 8.66. The van der Waals surface area contributed by atoms with E-state index in [9.17, 15) is 0 Å². The normalized spacial score (nSPS) is 13.1. The van der Waals surface area contributed by atoms with Crippen LogP contribution in [0.15, 0.2) is 6.33 Å². The zero-order valence-corrected chi connectivity index (χ0v) is 9.82. The summed E-state index contributed by atoms with van der Waals surface area (Å²) in [6, 6.07) is 0.406. The molecule has 86 valence electrons. The second-order valence-corrected chi connectivity index (χ2v) is 4.00. The Labute approximate surface area is 91.3 Å². The van der Waals surface area contributed by atoms with E-state index in [1.54, 1.807) is 0 Å². The minimum Gasteiger partial charge on any atom is -0.396 e. The van der Waals surface area contributed by atoms with Gasteiger partial charge in [0, 0.05) is 24.9 Å². The number of nitrogens with one attached hydrogen (secondary N) is 1. The molecular weight excluding hydrogens is 190 g/mol. The third kappa shape index (κ3) is 3.64. The topological polar surface area (TPSA) is 50.1 Å². The molecule has 1 heterocycles. The molecule has 0 radical (unpaired) electrons. The number of aryl methyl sites for hydroxylation is 1. The van der Waals surface area contributed by atoms with Crippen molar-refractivity contribution in [2.24, 2.45) is 0 Å². The third-order valence-corrected chi connectivity index (χ3v) is 2.64. The Morgan fingerprint density at radius 2 is 2.27 bits per heavy atom. The predicted octanol–water partition coefficient (Wildman–Crippen LogP) is 0.860. The first-order valence-corrected chi connectivity index (χ1v) is 5.47. The van der Waals surface area contributed by atoms with Crippen LogP contribution < -0.4 is 5.32 Å². The molecule has 15 heavy (non-hydrogen) atoms. The van der Waals surface area contributed by atoms with Gasteiger partial charge in [-0.3, -0.25) is 0 Å². The van der Waals surface area contributed by atoms with E-state index >= 15 is 0 Å². The molecule has 0 saturated carbocycles. The van der Waals surface area contributed by atoms with Crippen molar-refractivity contribution in [1.82, 2.24) is 14.9 Å². The Balaban J connectivity index is 2.37. The second-order valence-electron chi connectivity index (χ2n) is 4.00. The number of nitrogens with zero attached hydrogens (tertiary/aromatic N) is 2. The number of hydrogen-bond acceptors (Lipinski definition) is 3. The van der Waals surface area contributed by atoms with Gasteiger partial charge in [0.05, 0.1) is 12.0 Å². The van der Waals surface area contributed by atoms with Gasteiger partial charge in [-0.2, -0.15) is 0 Å². The highest BCUT2D eigenvalue weighted by Crippen LogP contribution is 2.04. The first kappa shape index (κ1) is 12.2. The maximum atomic E-state index is 8.66. The predicted molar refractivity (Wildman–Crippen MR) is 60.9 cm³/mol. The summed E-state index contributed by atoms with van der Waals surface area (Å²) in [6.07, 6.45) is 2.70. The fraction of sp³-hybridized carbons (Fsp3) is 0.727. The Morgan fingerprint density at radius 1 is 1.53 bits per heavy atom. The summed E-state index contributed by atoms with van der Waals surface area (Å²) in [5.74, 6) is 0. The summed E-state index contributed by atoms with van der Waals surface area (Å²) < 4.78 is 2.16. The fourth-order valence-electron chi connectivity index (χ4n) is 1.52. The molecule has 1 unspecified atom stereocenters. The molecule has 1 aromatic rings. The number of hydrogen-bond donors (Lipinski definition) is 2. The summed E-state index contributed by atoms with van der Waals surface area (Å²) in [6.45, 7) is 8.30. The highest BCUT2D eigenvalue weighted by Gasteiger charge is 2.05. The van der Waals surface area contributed by atoms with E-state index in [0.29, 0.717) is 6.04 Å². The van der Waals surface area contributed by atoms with Gasteiger partial charge in [-0.1, -0.05) is 0 Å². The summed E-state index contributed by atoms with van der Waals surface area (Å²) in [5.41, 5.74) is 2.32. The first-order valence-electron chi connectivity index (χ1n) is 5.47. The minimum absolute atomic E-state index is 0.253. The molecule has 0 bridgehead atoms. The van der Waals surface area contributed by atoms with Crippen molar-refractivity contribution in [1.29, 1.82) is 0 Å². The molecule has 0 spiro atoms. The lowest BCUT2D eigenvalue weighted by atomic mass is 10.3. The van der Waals surface area contributed by atoms with E-state index in [1.165, 1.54) is 5.69 Å². The van der Waals surface area contributed by atoms with Gasteiger partial charge in [-0.25, -0.2) is 4.98 Å². The van der Waals surface area contributed by atoms with Crippen molar-refractivity contribution in [2.75, 3.05) is 13.2 Å². The van der Waals surface area contributed by atoms with Gasteiger partial charge in [0.1, 0.15) is 0 Å². The number of imidazole rings is 1.